The van der Waals surface area contributed by atoms with E-state index in [0.29, 0.717) is 6.61 Å². The van der Waals surface area contributed by atoms with Crippen LogP contribution in [0.15, 0.2) is 30.3 Å². The predicted octanol–water partition coefficient (Wildman–Crippen LogP) is 7.89. The highest BCUT2D eigenvalue weighted by atomic mass is 32.1. The van der Waals surface area contributed by atoms with Crippen LogP contribution in [-0.2, 0) is 24.2 Å². The van der Waals surface area contributed by atoms with Crippen molar-refractivity contribution in [2.45, 2.75) is 104 Å². The average molecular weight is 466 g/mol. The van der Waals surface area contributed by atoms with Gasteiger partial charge in [0.2, 0.25) is 0 Å². The maximum Gasteiger partial charge on any atom is 0.164 e. The van der Waals surface area contributed by atoms with Crippen molar-refractivity contribution < 1.29 is 4.74 Å². The van der Waals surface area contributed by atoms with Gasteiger partial charge in [0.05, 0.1) is 0 Å². The Labute approximate surface area is 203 Å². The normalized spacial score (nSPS) is 15.3. The third-order valence-corrected chi connectivity index (χ3v) is 7.97. The molecule has 4 nitrogen and oxygen atoms in total. The van der Waals surface area contributed by atoms with Gasteiger partial charge in [0, 0.05) is 16.9 Å². The Morgan fingerprint density at radius 2 is 1.64 bits per heavy atom. The summed E-state index contributed by atoms with van der Waals surface area (Å²) in [6.45, 7) is 7.13. The molecule has 0 N–H and O–H groups in total. The molecule has 1 aliphatic rings. The molecule has 3 aromatic rings. The van der Waals surface area contributed by atoms with Gasteiger partial charge in [-0.2, -0.15) is 0 Å². The first-order valence-corrected chi connectivity index (χ1v) is 13.8. The Morgan fingerprint density at radius 3 is 2.33 bits per heavy atom. The second kappa shape index (κ2) is 11.9. The second-order valence-corrected chi connectivity index (χ2v) is 10.5. The van der Waals surface area contributed by atoms with Gasteiger partial charge in [0.25, 0.3) is 0 Å². The number of fused-ring (bicyclic) bond motifs is 3. The van der Waals surface area contributed by atoms with E-state index in [-0.39, 0.29) is 6.10 Å². The first-order valence-electron chi connectivity index (χ1n) is 13.0. The zero-order valence-electron chi connectivity index (χ0n) is 20.6. The van der Waals surface area contributed by atoms with E-state index in [4.69, 9.17) is 4.74 Å². The molecule has 1 aromatic carbocycles. The van der Waals surface area contributed by atoms with Crippen molar-refractivity contribution in [3.8, 4) is 5.00 Å². The van der Waals surface area contributed by atoms with Crippen molar-refractivity contribution in [1.29, 1.82) is 0 Å². The molecule has 0 radical (unpaired) electrons. The van der Waals surface area contributed by atoms with Crippen LogP contribution in [0.1, 0.15) is 111 Å². The summed E-state index contributed by atoms with van der Waals surface area (Å²) in [5, 5.41) is 10.4. The van der Waals surface area contributed by atoms with Crippen LogP contribution in [0.4, 0.5) is 0 Å². The third kappa shape index (κ3) is 5.93. The maximum absolute atomic E-state index is 6.43. The van der Waals surface area contributed by atoms with E-state index in [0.717, 1.165) is 24.5 Å². The molecule has 2 aromatic heterocycles. The lowest BCUT2D eigenvalue weighted by atomic mass is 10.0. The van der Waals surface area contributed by atoms with Gasteiger partial charge in [-0.1, -0.05) is 95.0 Å². The molecule has 0 aliphatic carbocycles. The average Bonchev–Trinajstić information content (AvgIpc) is 3.39. The Hall–Kier alpha value is -1.98. The summed E-state index contributed by atoms with van der Waals surface area (Å²) >= 11 is 1.87. The lowest BCUT2D eigenvalue weighted by Gasteiger charge is -2.16. The van der Waals surface area contributed by atoms with Gasteiger partial charge in [-0.15, -0.1) is 21.5 Å². The number of ether oxygens (including phenoxy) is 1. The van der Waals surface area contributed by atoms with Crippen molar-refractivity contribution >= 4 is 11.3 Å². The van der Waals surface area contributed by atoms with Crippen molar-refractivity contribution in [3.05, 3.63) is 63.5 Å². The highest BCUT2D eigenvalue weighted by Crippen LogP contribution is 2.40. The Balaban J connectivity index is 1.45. The lowest BCUT2D eigenvalue weighted by Crippen LogP contribution is -2.05. The molecule has 5 heteroatoms. The second-order valence-electron chi connectivity index (χ2n) is 9.37. The van der Waals surface area contributed by atoms with E-state index in [1.54, 1.807) is 0 Å². The van der Waals surface area contributed by atoms with Gasteiger partial charge in [-0.05, 0) is 31.4 Å². The molecule has 4 rings (SSSR count). The van der Waals surface area contributed by atoms with Crippen molar-refractivity contribution in [3.63, 3.8) is 0 Å². The van der Waals surface area contributed by atoms with E-state index in [2.05, 4.69) is 65.9 Å². The van der Waals surface area contributed by atoms with Gasteiger partial charge in [0.1, 0.15) is 23.5 Å². The number of benzene rings is 1. The minimum atomic E-state index is -0.0561. The quantitative estimate of drug-likeness (QED) is 0.255. The van der Waals surface area contributed by atoms with Crippen LogP contribution in [0.5, 0.6) is 0 Å². The van der Waals surface area contributed by atoms with E-state index in [1.807, 2.05) is 11.3 Å². The molecule has 1 aliphatic heterocycles. The van der Waals surface area contributed by atoms with Gasteiger partial charge < -0.3 is 4.74 Å². The molecule has 33 heavy (non-hydrogen) atoms. The molecule has 0 saturated heterocycles. The SMILES string of the molecule is CCCCCCCCCCCc1nnc2n1-c1sc(CC)cc1C(c1ccc(C)cc1)OC2. The van der Waals surface area contributed by atoms with Crippen LogP contribution in [0.25, 0.3) is 5.00 Å². The Kier molecular flexibility index (Phi) is 8.74. The molecule has 0 spiro atoms. The fourth-order valence-electron chi connectivity index (χ4n) is 4.69. The minimum Gasteiger partial charge on any atom is -0.361 e. The Bertz CT molecular complexity index is 1000. The van der Waals surface area contributed by atoms with Crippen molar-refractivity contribution in [1.82, 2.24) is 14.8 Å². The van der Waals surface area contributed by atoms with E-state index < -0.39 is 0 Å². The number of hydrogen-bond donors (Lipinski definition) is 0. The van der Waals surface area contributed by atoms with Crippen molar-refractivity contribution in [2.75, 3.05) is 0 Å². The van der Waals surface area contributed by atoms with Crippen LogP contribution < -0.4 is 0 Å². The molecule has 1 unspecified atom stereocenters. The van der Waals surface area contributed by atoms with Crippen LogP contribution in [0, 0.1) is 6.92 Å². The molecule has 3 heterocycles. The number of aromatic nitrogens is 3. The Morgan fingerprint density at radius 1 is 0.939 bits per heavy atom. The highest BCUT2D eigenvalue weighted by Gasteiger charge is 2.29. The number of thiophene rings is 1. The van der Waals surface area contributed by atoms with E-state index in [9.17, 15) is 0 Å². The number of unbranched alkanes of at least 4 members (excludes halogenated alkanes) is 8. The zero-order chi connectivity index (χ0) is 23.0. The standard InChI is InChI=1S/C28H39N3OS/c1-4-6-7-8-9-10-11-12-13-14-25-29-30-26-20-32-27(22-17-15-21(3)16-18-22)24-19-23(5-2)33-28(24)31(25)26/h15-19,27H,4-14,20H2,1-3H3. The first kappa shape index (κ1) is 24.2. The summed E-state index contributed by atoms with van der Waals surface area (Å²) in [7, 11) is 0. The molecular formula is C28H39N3OS. The van der Waals surface area contributed by atoms with Crippen LogP contribution >= 0.6 is 11.3 Å². The fourth-order valence-corrected chi connectivity index (χ4v) is 5.85. The topological polar surface area (TPSA) is 39.9 Å². The smallest absolute Gasteiger partial charge is 0.164 e. The van der Waals surface area contributed by atoms with Crippen LogP contribution in [0.2, 0.25) is 0 Å². The van der Waals surface area contributed by atoms with Gasteiger partial charge in [-0.3, -0.25) is 4.57 Å². The summed E-state index contributed by atoms with van der Waals surface area (Å²) in [6.07, 6.45) is 14.0. The summed E-state index contributed by atoms with van der Waals surface area (Å²) in [5.41, 5.74) is 3.74. The number of aryl methyl sites for hydroxylation is 3. The maximum atomic E-state index is 6.43. The monoisotopic (exact) mass is 465 g/mol. The highest BCUT2D eigenvalue weighted by molar-refractivity contribution is 7.14. The molecule has 0 fully saturated rings. The molecule has 178 valence electrons. The van der Waals surface area contributed by atoms with Crippen molar-refractivity contribution in [2.24, 2.45) is 0 Å². The van der Waals surface area contributed by atoms with Crippen LogP contribution in [-0.4, -0.2) is 14.8 Å². The minimum absolute atomic E-state index is 0.0561. The summed E-state index contributed by atoms with van der Waals surface area (Å²) in [4.78, 5) is 1.39. The largest absolute Gasteiger partial charge is 0.361 e. The molecule has 0 amide bonds. The number of rotatable bonds is 12. The third-order valence-electron chi connectivity index (χ3n) is 6.69. The van der Waals surface area contributed by atoms with E-state index in [1.165, 1.54) is 84.4 Å². The van der Waals surface area contributed by atoms with Gasteiger partial charge >= 0.3 is 0 Å². The fraction of sp³-hybridized carbons (Fsp3) is 0.571. The number of nitrogens with zero attached hydrogens (tertiary/aromatic N) is 3. The summed E-state index contributed by atoms with van der Waals surface area (Å²) in [5.74, 6) is 2.02. The summed E-state index contributed by atoms with van der Waals surface area (Å²) in [6, 6.07) is 11.1. The zero-order valence-corrected chi connectivity index (χ0v) is 21.4. The molecule has 1 atom stereocenters. The predicted molar refractivity (Wildman–Crippen MR) is 137 cm³/mol. The van der Waals surface area contributed by atoms with Gasteiger partial charge in [-0.25, -0.2) is 0 Å². The summed E-state index contributed by atoms with van der Waals surface area (Å²) < 4.78 is 8.74. The molecule has 0 saturated carbocycles. The van der Waals surface area contributed by atoms with Crippen LogP contribution in [0.3, 0.4) is 0 Å². The first-order chi connectivity index (χ1) is 16.2. The number of hydrogen-bond acceptors (Lipinski definition) is 4. The van der Waals surface area contributed by atoms with Gasteiger partial charge in [0.15, 0.2) is 5.82 Å². The lowest BCUT2D eigenvalue weighted by molar-refractivity contribution is 0.0655. The molecular weight excluding hydrogens is 426 g/mol. The van der Waals surface area contributed by atoms with E-state index >= 15 is 0 Å². The molecule has 0 bridgehead atoms.